The van der Waals surface area contributed by atoms with E-state index in [1.54, 1.807) is 24.1 Å². The smallest absolute Gasteiger partial charge is 0.226 e. The van der Waals surface area contributed by atoms with Crippen LogP contribution in [-0.2, 0) is 9.59 Å². The summed E-state index contributed by atoms with van der Waals surface area (Å²) in [5, 5.41) is 3.24. The van der Waals surface area contributed by atoms with Gasteiger partial charge in [-0.25, -0.2) is 0 Å². The minimum atomic E-state index is -0.279. The molecule has 1 aromatic rings. The summed E-state index contributed by atoms with van der Waals surface area (Å²) >= 11 is 5.94. The van der Waals surface area contributed by atoms with Gasteiger partial charge in [0.15, 0.2) is 0 Å². The third kappa shape index (κ3) is 4.40. The van der Waals surface area contributed by atoms with E-state index in [1.807, 2.05) is 12.1 Å². The summed E-state index contributed by atoms with van der Waals surface area (Å²) in [6.07, 6.45) is 0.269. The van der Waals surface area contributed by atoms with E-state index >= 15 is 0 Å². The Hall–Kier alpha value is -2.19. The molecule has 1 fully saturated rings. The molecule has 1 unspecified atom stereocenters. The molecule has 2 amide bonds. The molecule has 0 aromatic heterocycles. The molecule has 2 rings (SSSR count). The first-order valence-electron chi connectivity index (χ1n) is 6.92. The summed E-state index contributed by atoms with van der Waals surface area (Å²) in [6.45, 7) is 0.900. The third-order valence-corrected chi connectivity index (χ3v) is 3.64. The normalized spacial score (nSPS) is 16.9. The van der Waals surface area contributed by atoms with Crippen LogP contribution in [0.2, 0.25) is 5.02 Å². The predicted molar refractivity (Wildman–Crippen MR) is 83.5 cm³/mol. The summed E-state index contributed by atoms with van der Waals surface area (Å²) < 4.78 is 5.40. The molecule has 116 valence electrons. The number of carbonyl (C=O) groups excluding carboxylic acids is 2. The largest absolute Gasteiger partial charge is 0.479 e. The number of hydrogen-bond donors (Lipinski definition) is 1. The number of ether oxygens (including phenoxy) is 1. The Kier molecular flexibility index (Phi) is 5.68. The SMILES string of the molecule is CN1CC(C(=O)NCC#CCOc2ccccc2Cl)CC1=O. The van der Waals surface area contributed by atoms with Gasteiger partial charge in [0.05, 0.1) is 17.5 Å². The molecule has 1 N–H and O–H groups in total. The zero-order valence-electron chi connectivity index (χ0n) is 12.3. The van der Waals surface area contributed by atoms with Gasteiger partial charge in [-0.1, -0.05) is 35.6 Å². The number of likely N-dealkylation sites (tertiary alicyclic amines) is 1. The number of amides is 2. The Bertz CT molecular complexity index is 621. The van der Waals surface area contributed by atoms with Crippen LogP contribution in [0.3, 0.4) is 0 Å². The van der Waals surface area contributed by atoms with Crippen molar-refractivity contribution < 1.29 is 14.3 Å². The Morgan fingerprint density at radius 3 is 2.91 bits per heavy atom. The van der Waals surface area contributed by atoms with Crippen LogP contribution >= 0.6 is 11.6 Å². The fraction of sp³-hybridized carbons (Fsp3) is 0.375. The average Bonchev–Trinajstić information content (AvgIpc) is 2.84. The van der Waals surface area contributed by atoms with Crippen molar-refractivity contribution in [2.45, 2.75) is 6.42 Å². The van der Waals surface area contributed by atoms with Gasteiger partial charge in [0.1, 0.15) is 12.4 Å². The Balaban J connectivity index is 1.68. The standard InChI is InChI=1S/C16H17ClN2O3/c1-19-11-12(10-15(19)20)16(21)18-8-4-5-9-22-14-7-3-2-6-13(14)17/h2-3,6-7,12H,8-11H2,1H3,(H,18,21). The topological polar surface area (TPSA) is 58.6 Å². The highest BCUT2D eigenvalue weighted by molar-refractivity contribution is 6.32. The van der Waals surface area contributed by atoms with Crippen LogP contribution in [0.1, 0.15) is 6.42 Å². The minimum Gasteiger partial charge on any atom is -0.479 e. The molecule has 1 saturated heterocycles. The zero-order chi connectivity index (χ0) is 15.9. The van der Waals surface area contributed by atoms with Gasteiger partial charge in [-0.3, -0.25) is 9.59 Å². The number of nitrogens with one attached hydrogen (secondary N) is 1. The summed E-state index contributed by atoms with van der Waals surface area (Å²) in [4.78, 5) is 24.7. The molecule has 1 aromatic carbocycles. The van der Waals surface area contributed by atoms with Crippen LogP contribution in [0.15, 0.2) is 24.3 Å². The van der Waals surface area contributed by atoms with Gasteiger partial charge < -0.3 is 15.0 Å². The van der Waals surface area contributed by atoms with E-state index in [4.69, 9.17) is 16.3 Å². The van der Waals surface area contributed by atoms with Crippen molar-refractivity contribution >= 4 is 23.4 Å². The maximum atomic E-state index is 11.8. The average molecular weight is 321 g/mol. The molecule has 1 heterocycles. The van der Waals surface area contributed by atoms with E-state index in [9.17, 15) is 9.59 Å². The molecule has 0 aliphatic carbocycles. The van der Waals surface area contributed by atoms with Gasteiger partial charge in [-0.2, -0.15) is 0 Å². The second-order valence-corrected chi connectivity index (χ2v) is 5.37. The summed E-state index contributed by atoms with van der Waals surface area (Å²) in [5.74, 6) is 5.76. The van der Waals surface area contributed by atoms with E-state index in [-0.39, 0.29) is 37.3 Å². The van der Waals surface area contributed by atoms with E-state index in [2.05, 4.69) is 17.2 Å². The Labute approximate surface area is 134 Å². The molecular formula is C16H17ClN2O3. The summed E-state index contributed by atoms with van der Waals surface area (Å²) in [6, 6.07) is 7.15. The van der Waals surface area contributed by atoms with Crippen LogP contribution in [0, 0.1) is 17.8 Å². The van der Waals surface area contributed by atoms with Crippen molar-refractivity contribution in [1.29, 1.82) is 0 Å². The minimum absolute atomic E-state index is 0.000580. The van der Waals surface area contributed by atoms with E-state index in [0.29, 0.717) is 17.3 Å². The molecule has 1 aliphatic rings. The second kappa shape index (κ2) is 7.71. The highest BCUT2D eigenvalue weighted by Crippen LogP contribution is 2.22. The number of hydrogen-bond acceptors (Lipinski definition) is 3. The van der Waals surface area contributed by atoms with Gasteiger partial charge in [0.25, 0.3) is 0 Å². The molecule has 5 nitrogen and oxygen atoms in total. The first kappa shape index (κ1) is 16.2. The van der Waals surface area contributed by atoms with Gasteiger partial charge in [0, 0.05) is 20.0 Å². The quantitative estimate of drug-likeness (QED) is 0.851. The predicted octanol–water partition coefficient (Wildman–Crippen LogP) is 1.32. The fourth-order valence-electron chi connectivity index (χ4n) is 2.10. The lowest BCUT2D eigenvalue weighted by molar-refractivity contribution is -0.128. The maximum absolute atomic E-state index is 11.8. The van der Waals surface area contributed by atoms with E-state index in [1.165, 1.54) is 0 Å². The molecule has 1 aliphatic heterocycles. The molecule has 0 saturated carbocycles. The van der Waals surface area contributed by atoms with Crippen molar-refractivity contribution in [3.8, 4) is 17.6 Å². The van der Waals surface area contributed by atoms with Crippen LogP contribution in [0.5, 0.6) is 5.75 Å². The van der Waals surface area contributed by atoms with E-state index < -0.39 is 0 Å². The second-order valence-electron chi connectivity index (χ2n) is 4.97. The number of rotatable bonds is 4. The van der Waals surface area contributed by atoms with Gasteiger partial charge in [-0.15, -0.1) is 0 Å². The van der Waals surface area contributed by atoms with E-state index in [0.717, 1.165) is 0 Å². The molecule has 0 spiro atoms. The lowest BCUT2D eigenvalue weighted by Crippen LogP contribution is -2.32. The van der Waals surface area contributed by atoms with Crippen molar-refractivity contribution in [3.05, 3.63) is 29.3 Å². The Morgan fingerprint density at radius 2 is 2.23 bits per heavy atom. The zero-order valence-corrected chi connectivity index (χ0v) is 13.0. The number of halogens is 1. The number of benzene rings is 1. The Morgan fingerprint density at radius 1 is 1.45 bits per heavy atom. The van der Waals surface area contributed by atoms with Crippen LogP contribution < -0.4 is 10.1 Å². The monoisotopic (exact) mass is 320 g/mol. The number of para-hydroxylation sites is 1. The third-order valence-electron chi connectivity index (χ3n) is 3.32. The molecule has 22 heavy (non-hydrogen) atoms. The van der Waals surface area contributed by atoms with Crippen molar-refractivity contribution in [2.75, 3.05) is 26.7 Å². The number of nitrogens with zero attached hydrogens (tertiary/aromatic N) is 1. The van der Waals surface area contributed by atoms with Gasteiger partial charge in [0.2, 0.25) is 11.8 Å². The first-order chi connectivity index (χ1) is 10.6. The first-order valence-corrected chi connectivity index (χ1v) is 7.30. The van der Waals surface area contributed by atoms with Gasteiger partial charge >= 0.3 is 0 Å². The summed E-state index contributed by atoms with van der Waals surface area (Å²) in [5.41, 5.74) is 0. The lowest BCUT2D eigenvalue weighted by Gasteiger charge is -2.09. The molecule has 0 bridgehead atoms. The van der Waals surface area contributed by atoms with Crippen molar-refractivity contribution in [1.82, 2.24) is 10.2 Å². The van der Waals surface area contributed by atoms with Crippen molar-refractivity contribution in [3.63, 3.8) is 0 Å². The lowest BCUT2D eigenvalue weighted by atomic mass is 10.1. The summed E-state index contributed by atoms with van der Waals surface area (Å²) in [7, 11) is 1.70. The molecule has 0 radical (unpaired) electrons. The van der Waals surface area contributed by atoms with Crippen LogP contribution in [0.25, 0.3) is 0 Å². The number of carbonyl (C=O) groups is 2. The van der Waals surface area contributed by atoms with Gasteiger partial charge in [-0.05, 0) is 12.1 Å². The molecule has 6 heteroatoms. The fourth-order valence-corrected chi connectivity index (χ4v) is 2.29. The molecule has 1 atom stereocenters. The van der Waals surface area contributed by atoms with Crippen LogP contribution in [0.4, 0.5) is 0 Å². The highest BCUT2D eigenvalue weighted by Gasteiger charge is 2.31. The van der Waals surface area contributed by atoms with Crippen molar-refractivity contribution in [2.24, 2.45) is 5.92 Å². The molecular weight excluding hydrogens is 304 g/mol. The van der Waals surface area contributed by atoms with Crippen LogP contribution in [-0.4, -0.2) is 43.5 Å². The highest BCUT2D eigenvalue weighted by atomic mass is 35.5. The maximum Gasteiger partial charge on any atom is 0.226 e.